The van der Waals surface area contributed by atoms with Crippen molar-refractivity contribution in [1.82, 2.24) is 0 Å². The Bertz CT molecular complexity index is 35.3. The largest absolute Gasteiger partial charge is 0.123 e. The van der Waals surface area contributed by atoms with Crippen molar-refractivity contribution in [1.29, 1.82) is 0 Å². The van der Waals surface area contributed by atoms with Crippen molar-refractivity contribution in [2.75, 3.05) is 0 Å². The summed E-state index contributed by atoms with van der Waals surface area (Å²) < 4.78 is 0. The van der Waals surface area contributed by atoms with E-state index in [0.29, 0.717) is 0 Å². The van der Waals surface area contributed by atoms with Crippen LogP contribution in [0.2, 0.25) is 0 Å². The molecular formula is C5H10Cl2. The number of hydrogen-bond acceptors (Lipinski definition) is 0. The molecule has 0 nitrogen and oxygen atoms in total. The van der Waals surface area contributed by atoms with Gasteiger partial charge in [-0.3, -0.25) is 0 Å². The molecule has 0 aromatic carbocycles. The minimum absolute atomic E-state index is 0.215. The van der Waals surface area contributed by atoms with E-state index in [9.17, 15) is 0 Å². The lowest BCUT2D eigenvalue weighted by Gasteiger charge is -2.01. The fraction of sp³-hybridized carbons (Fsp3) is 1.00. The first-order valence-electron chi connectivity index (χ1n) is 2.41. The monoisotopic (exact) mass is 140 g/mol. The van der Waals surface area contributed by atoms with Crippen LogP contribution in [0.25, 0.3) is 0 Å². The molecule has 0 heterocycles. The van der Waals surface area contributed by atoms with Gasteiger partial charge in [0.25, 0.3) is 0 Å². The maximum Gasteiger partial charge on any atom is 0.0321 e. The van der Waals surface area contributed by atoms with Crippen LogP contribution >= 0.6 is 23.2 Å². The van der Waals surface area contributed by atoms with Crippen molar-refractivity contribution < 1.29 is 0 Å². The van der Waals surface area contributed by atoms with Crippen LogP contribution in [0.15, 0.2) is 0 Å². The Kier molecular flexibility index (Phi) is 3.86. The Labute approximate surface area is 54.8 Å². The zero-order valence-electron chi connectivity index (χ0n) is 4.62. The summed E-state index contributed by atoms with van der Waals surface area (Å²) in [5.74, 6) is 0. The predicted molar refractivity (Wildman–Crippen MR) is 35.2 cm³/mol. The van der Waals surface area contributed by atoms with E-state index in [1.807, 2.05) is 13.8 Å². The Morgan fingerprint density at radius 2 is 1.43 bits per heavy atom. The third-order valence-electron chi connectivity index (χ3n) is 0.650. The maximum atomic E-state index is 5.59. The van der Waals surface area contributed by atoms with E-state index in [2.05, 4.69) is 0 Å². The Hall–Kier alpha value is 0.580. The minimum Gasteiger partial charge on any atom is -0.123 e. The van der Waals surface area contributed by atoms with Crippen molar-refractivity contribution in [3.8, 4) is 0 Å². The van der Waals surface area contributed by atoms with Gasteiger partial charge in [-0.25, -0.2) is 0 Å². The molecule has 7 heavy (non-hydrogen) atoms. The number of alkyl halides is 2. The number of hydrogen-bond donors (Lipinski definition) is 0. The van der Waals surface area contributed by atoms with Gasteiger partial charge in [0.1, 0.15) is 0 Å². The van der Waals surface area contributed by atoms with Crippen LogP contribution in [-0.2, 0) is 0 Å². The van der Waals surface area contributed by atoms with E-state index in [-0.39, 0.29) is 10.8 Å². The van der Waals surface area contributed by atoms with Crippen LogP contribution in [-0.4, -0.2) is 10.8 Å². The first-order valence-corrected chi connectivity index (χ1v) is 3.28. The molecule has 0 bridgehead atoms. The molecule has 0 radical (unpaired) electrons. The first-order chi connectivity index (χ1) is 3.13. The van der Waals surface area contributed by atoms with Crippen molar-refractivity contribution in [2.24, 2.45) is 0 Å². The molecule has 44 valence electrons. The Morgan fingerprint density at radius 1 is 1.14 bits per heavy atom. The smallest absolute Gasteiger partial charge is 0.0321 e. The van der Waals surface area contributed by atoms with Crippen LogP contribution in [0.5, 0.6) is 0 Å². The highest BCUT2D eigenvalue weighted by atomic mass is 35.5. The first kappa shape index (κ1) is 7.58. The molecule has 2 atom stereocenters. The van der Waals surface area contributed by atoms with E-state index in [1.165, 1.54) is 0 Å². The number of rotatable bonds is 2. The third-order valence-corrected chi connectivity index (χ3v) is 1.01. The maximum absolute atomic E-state index is 5.59. The van der Waals surface area contributed by atoms with Gasteiger partial charge in [-0.2, -0.15) is 0 Å². The second-order valence-electron chi connectivity index (χ2n) is 1.80. The van der Waals surface area contributed by atoms with E-state index < -0.39 is 0 Å². The highest BCUT2D eigenvalue weighted by Gasteiger charge is 1.99. The molecule has 0 aromatic rings. The third kappa shape index (κ3) is 6.58. The van der Waals surface area contributed by atoms with E-state index in [4.69, 9.17) is 23.2 Å². The van der Waals surface area contributed by atoms with Crippen molar-refractivity contribution >= 4 is 23.2 Å². The molecule has 0 spiro atoms. The molecule has 0 saturated carbocycles. The zero-order chi connectivity index (χ0) is 5.86. The lowest BCUT2D eigenvalue weighted by molar-refractivity contribution is 0.787. The van der Waals surface area contributed by atoms with Gasteiger partial charge in [0.05, 0.1) is 0 Å². The van der Waals surface area contributed by atoms with E-state index in [1.54, 1.807) is 0 Å². The topological polar surface area (TPSA) is 0 Å². The molecule has 0 unspecified atom stereocenters. The second kappa shape index (κ2) is 3.57. The molecule has 0 fully saturated rings. The lowest BCUT2D eigenvalue weighted by Crippen LogP contribution is -1.99. The average molecular weight is 141 g/mol. The highest BCUT2D eigenvalue weighted by Crippen LogP contribution is 2.08. The molecule has 0 aliphatic rings. The van der Waals surface area contributed by atoms with Crippen LogP contribution in [0.1, 0.15) is 20.3 Å². The summed E-state index contributed by atoms with van der Waals surface area (Å²) >= 11 is 11.2. The summed E-state index contributed by atoms with van der Waals surface area (Å²) in [7, 11) is 0. The number of halogens is 2. The van der Waals surface area contributed by atoms with E-state index in [0.717, 1.165) is 6.42 Å². The molecule has 0 saturated heterocycles. The quantitative estimate of drug-likeness (QED) is 0.518. The van der Waals surface area contributed by atoms with Gasteiger partial charge in [0.2, 0.25) is 0 Å². The second-order valence-corrected chi connectivity index (χ2v) is 3.29. The highest BCUT2D eigenvalue weighted by molar-refractivity contribution is 6.23. The minimum atomic E-state index is 0.215. The van der Waals surface area contributed by atoms with Gasteiger partial charge in [0, 0.05) is 10.8 Å². The van der Waals surface area contributed by atoms with Crippen molar-refractivity contribution in [3.63, 3.8) is 0 Å². The molecule has 0 N–H and O–H groups in total. The van der Waals surface area contributed by atoms with Crippen molar-refractivity contribution in [2.45, 2.75) is 31.0 Å². The summed E-state index contributed by atoms with van der Waals surface area (Å²) in [6.45, 7) is 3.89. The van der Waals surface area contributed by atoms with Gasteiger partial charge in [0.15, 0.2) is 0 Å². The van der Waals surface area contributed by atoms with Gasteiger partial charge >= 0.3 is 0 Å². The zero-order valence-corrected chi connectivity index (χ0v) is 6.13. The summed E-state index contributed by atoms with van der Waals surface area (Å²) in [6, 6.07) is 0. The van der Waals surface area contributed by atoms with Gasteiger partial charge in [-0.05, 0) is 20.3 Å². The lowest BCUT2D eigenvalue weighted by atomic mass is 10.3. The molecule has 0 aliphatic heterocycles. The molecule has 2 heteroatoms. The van der Waals surface area contributed by atoms with Crippen LogP contribution in [0.4, 0.5) is 0 Å². The summed E-state index contributed by atoms with van der Waals surface area (Å²) in [6.07, 6.45) is 0.892. The van der Waals surface area contributed by atoms with Crippen LogP contribution in [0, 0.1) is 0 Å². The normalized spacial score (nSPS) is 18.9. The molecule has 0 amide bonds. The summed E-state index contributed by atoms with van der Waals surface area (Å²) in [5, 5.41) is 0.431. The Morgan fingerprint density at radius 3 is 1.43 bits per heavy atom. The average Bonchev–Trinajstić information content (AvgIpc) is 1.27. The van der Waals surface area contributed by atoms with Gasteiger partial charge in [-0.15, -0.1) is 23.2 Å². The molecule has 0 aromatic heterocycles. The van der Waals surface area contributed by atoms with Crippen LogP contribution in [0.3, 0.4) is 0 Å². The standard InChI is InChI=1S/C5H10Cl2/c1-4(6)3-5(2)7/h4-5H,3H2,1-2H3/t4-,5+. The molecule has 0 rings (SSSR count). The fourth-order valence-corrected chi connectivity index (χ4v) is 1.07. The molecular weight excluding hydrogens is 131 g/mol. The summed E-state index contributed by atoms with van der Waals surface area (Å²) in [5.41, 5.74) is 0. The predicted octanol–water partition coefficient (Wildman–Crippen LogP) is 2.63. The van der Waals surface area contributed by atoms with Crippen molar-refractivity contribution in [3.05, 3.63) is 0 Å². The molecule has 0 aliphatic carbocycles. The van der Waals surface area contributed by atoms with Crippen LogP contribution < -0.4 is 0 Å². The Balaban J connectivity index is 2.95. The summed E-state index contributed by atoms with van der Waals surface area (Å²) in [4.78, 5) is 0. The van der Waals surface area contributed by atoms with E-state index >= 15 is 0 Å². The van der Waals surface area contributed by atoms with Gasteiger partial charge < -0.3 is 0 Å². The SMILES string of the molecule is C[C@H](Cl)C[C@@H](C)Cl. The van der Waals surface area contributed by atoms with Gasteiger partial charge in [-0.1, -0.05) is 0 Å². The fourth-order valence-electron chi connectivity index (χ4n) is 0.448.